The summed E-state index contributed by atoms with van der Waals surface area (Å²) in [5.74, 6) is 1.99. The maximum atomic E-state index is 3.59. The average molecular weight is 282 g/mol. The minimum Gasteiger partial charge on any atom is -0.317 e. The highest BCUT2D eigenvalue weighted by molar-refractivity contribution is 4.83. The quantitative estimate of drug-likeness (QED) is 0.463. The fourth-order valence-electron chi connectivity index (χ4n) is 4.09. The topological polar surface area (TPSA) is 12.0 Å². The largest absolute Gasteiger partial charge is 0.317 e. The van der Waals surface area contributed by atoms with E-state index < -0.39 is 0 Å². The van der Waals surface area contributed by atoms with Crippen molar-refractivity contribution in [3.8, 4) is 0 Å². The van der Waals surface area contributed by atoms with Gasteiger partial charge in [-0.2, -0.15) is 0 Å². The Hall–Kier alpha value is -0.0400. The normalized spacial score (nSPS) is 26.9. The lowest BCUT2D eigenvalue weighted by molar-refractivity contribution is 0.188. The molecule has 1 heteroatoms. The molecule has 0 saturated heterocycles. The summed E-state index contributed by atoms with van der Waals surface area (Å²) in [5.41, 5.74) is 0. The second-order valence-corrected chi connectivity index (χ2v) is 7.03. The molecule has 0 aromatic rings. The van der Waals surface area contributed by atoms with E-state index in [1.807, 2.05) is 0 Å². The molecule has 0 amide bonds. The number of rotatable bonds is 11. The third-order valence-electron chi connectivity index (χ3n) is 5.34. The maximum Gasteiger partial charge on any atom is 0.00925 e. The molecule has 0 bridgehead atoms. The lowest BCUT2D eigenvalue weighted by atomic mass is 9.74. The third kappa shape index (κ3) is 7.11. The van der Waals surface area contributed by atoms with Crippen molar-refractivity contribution in [3.05, 3.63) is 0 Å². The molecule has 1 rings (SSSR count). The predicted molar refractivity (Wildman–Crippen MR) is 91.2 cm³/mol. The highest BCUT2D eigenvalue weighted by Gasteiger charge is 2.28. The second kappa shape index (κ2) is 11.6. The van der Waals surface area contributed by atoms with Gasteiger partial charge < -0.3 is 5.32 Å². The van der Waals surface area contributed by atoms with Gasteiger partial charge in [-0.1, -0.05) is 71.6 Å². The summed E-state index contributed by atoms with van der Waals surface area (Å²) in [6.45, 7) is 4.64. The first-order valence-corrected chi connectivity index (χ1v) is 9.49. The Kier molecular flexibility index (Phi) is 10.4. The lowest BCUT2D eigenvalue weighted by Gasteiger charge is -2.36. The van der Waals surface area contributed by atoms with Gasteiger partial charge in [-0.25, -0.2) is 0 Å². The van der Waals surface area contributed by atoms with Gasteiger partial charge in [0, 0.05) is 6.04 Å². The van der Waals surface area contributed by atoms with Crippen LogP contribution >= 0.6 is 0 Å². The van der Waals surface area contributed by atoms with Gasteiger partial charge in [-0.3, -0.25) is 0 Å². The summed E-state index contributed by atoms with van der Waals surface area (Å²) in [7, 11) is 2.17. The van der Waals surface area contributed by atoms with Gasteiger partial charge in [-0.05, 0) is 44.6 Å². The van der Waals surface area contributed by atoms with Crippen molar-refractivity contribution in [3.63, 3.8) is 0 Å². The van der Waals surface area contributed by atoms with Gasteiger partial charge >= 0.3 is 0 Å². The van der Waals surface area contributed by atoms with E-state index in [0.717, 1.165) is 17.9 Å². The van der Waals surface area contributed by atoms with Crippen molar-refractivity contribution in [2.24, 2.45) is 11.8 Å². The molecular weight excluding hydrogens is 242 g/mol. The smallest absolute Gasteiger partial charge is 0.00925 e. The summed E-state index contributed by atoms with van der Waals surface area (Å²) >= 11 is 0. The highest BCUT2D eigenvalue weighted by atomic mass is 14.9. The summed E-state index contributed by atoms with van der Waals surface area (Å²) < 4.78 is 0. The molecule has 1 fully saturated rings. The van der Waals surface area contributed by atoms with Crippen LogP contribution in [-0.4, -0.2) is 13.1 Å². The molecule has 1 saturated carbocycles. The van der Waals surface area contributed by atoms with Crippen molar-refractivity contribution < 1.29 is 0 Å². The van der Waals surface area contributed by atoms with Crippen LogP contribution in [-0.2, 0) is 0 Å². The molecule has 0 aliphatic heterocycles. The Balaban J connectivity index is 2.14. The summed E-state index contributed by atoms with van der Waals surface area (Å²) in [6, 6.07) is 0.809. The molecule has 0 aromatic carbocycles. The van der Waals surface area contributed by atoms with E-state index in [0.29, 0.717) is 0 Å². The van der Waals surface area contributed by atoms with E-state index >= 15 is 0 Å². The van der Waals surface area contributed by atoms with Crippen LogP contribution in [0.25, 0.3) is 0 Å². The molecule has 20 heavy (non-hydrogen) atoms. The van der Waals surface area contributed by atoms with Gasteiger partial charge in [-0.15, -0.1) is 0 Å². The predicted octanol–water partition coefficient (Wildman–Crippen LogP) is 5.93. The summed E-state index contributed by atoms with van der Waals surface area (Å²) in [6.07, 6.45) is 18.8. The van der Waals surface area contributed by atoms with Crippen molar-refractivity contribution in [1.82, 2.24) is 5.32 Å². The molecule has 120 valence electrons. The number of hydrogen-bond acceptors (Lipinski definition) is 1. The third-order valence-corrected chi connectivity index (χ3v) is 5.34. The van der Waals surface area contributed by atoms with Crippen LogP contribution < -0.4 is 5.32 Å². The van der Waals surface area contributed by atoms with Crippen molar-refractivity contribution in [2.45, 2.75) is 103 Å². The Morgan fingerprint density at radius 1 is 0.800 bits per heavy atom. The van der Waals surface area contributed by atoms with Crippen LogP contribution in [0, 0.1) is 11.8 Å². The van der Waals surface area contributed by atoms with E-state index in [1.54, 1.807) is 0 Å². The fraction of sp³-hybridized carbons (Fsp3) is 1.00. The molecule has 0 spiro atoms. The van der Waals surface area contributed by atoms with Crippen molar-refractivity contribution in [2.75, 3.05) is 7.05 Å². The Morgan fingerprint density at radius 3 is 2.15 bits per heavy atom. The van der Waals surface area contributed by atoms with Crippen LogP contribution in [0.15, 0.2) is 0 Å². The molecule has 0 heterocycles. The van der Waals surface area contributed by atoms with Gasteiger partial charge in [0.25, 0.3) is 0 Å². The number of unbranched alkanes of at least 4 members (excludes halogenated alkanes) is 6. The van der Waals surface area contributed by atoms with E-state index in [4.69, 9.17) is 0 Å². The van der Waals surface area contributed by atoms with Gasteiger partial charge in [0.1, 0.15) is 0 Å². The standard InChI is InChI=1S/C19H39N/c1-4-6-7-8-9-10-11-13-18-16-17(12-5-2)14-15-19(18)20-3/h17-20H,4-16H2,1-3H3. The van der Waals surface area contributed by atoms with E-state index in [-0.39, 0.29) is 0 Å². The summed E-state index contributed by atoms with van der Waals surface area (Å²) in [5, 5.41) is 3.59. The Bertz CT molecular complexity index is 214. The zero-order valence-electron chi connectivity index (χ0n) is 14.4. The van der Waals surface area contributed by atoms with Gasteiger partial charge in [0.05, 0.1) is 0 Å². The van der Waals surface area contributed by atoms with E-state index in [9.17, 15) is 0 Å². The van der Waals surface area contributed by atoms with E-state index in [1.165, 1.54) is 83.5 Å². The minimum absolute atomic E-state index is 0.809. The first kappa shape index (κ1) is 18.0. The fourth-order valence-corrected chi connectivity index (χ4v) is 4.09. The maximum absolute atomic E-state index is 3.59. The van der Waals surface area contributed by atoms with Crippen LogP contribution in [0.2, 0.25) is 0 Å². The average Bonchev–Trinajstić information content (AvgIpc) is 2.47. The zero-order chi connectivity index (χ0) is 14.6. The second-order valence-electron chi connectivity index (χ2n) is 7.03. The monoisotopic (exact) mass is 281 g/mol. The first-order chi connectivity index (χ1) is 9.81. The van der Waals surface area contributed by atoms with Gasteiger partial charge in [0.2, 0.25) is 0 Å². The number of hydrogen-bond donors (Lipinski definition) is 1. The molecule has 3 unspecified atom stereocenters. The molecule has 3 atom stereocenters. The Labute approximate surface area is 128 Å². The van der Waals surface area contributed by atoms with Crippen molar-refractivity contribution in [1.29, 1.82) is 0 Å². The molecule has 1 aliphatic carbocycles. The van der Waals surface area contributed by atoms with Crippen LogP contribution in [0.4, 0.5) is 0 Å². The first-order valence-electron chi connectivity index (χ1n) is 9.49. The number of nitrogens with one attached hydrogen (secondary N) is 1. The van der Waals surface area contributed by atoms with Crippen molar-refractivity contribution >= 4 is 0 Å². The molecule has 1 N–H and O–H groups in total. The molecular formula is C19H39N. The SMILES string of the molecule is CCCCCCCCCC1CC(CCC)CCC1NC. The van der Waals surface area contributed by atoms with Crippen LogP contribution in [0.1, 0.15) is 97.3 Å². The lowest BCUT2D eigenvalue weighted by Crippen LogP contribution is -2.38. The van der Waals surface area contributed by atoms with Crippen LogP contribution in [0.5, 0.6) is 0 Å². The van der Waals surface area contributed by atoms with Crippen LogP contribution in [0.3, 0.4) is 0 Å². The van der Waals surface area contributed by atoms with Gasteiger partial charge in [0.15, 0.2) is 0 Å². The molecule has 1 aliphatic rings. The molecule has 0 aromatic heterocycles. The zero-order valence-corrected chi connectivity index (χ0v) is 14.4. The molecule has 0 radical (unpaired) electrons. The Morgan fingerprint density at radius 2 is 1.50 bits per heavy atom. The highest BCUT2D eigenvalue weighted by Crippen LogP contribution is 2.35. The minimum atomic E-state index is 0.809. The molecule has 1 nitrogen and oxygen atoms in total. The van der Waals surface area contributed by atoms with E-state index in [2.05, 4.69) is 26.2 Å². The summed E-state index contributed by atoms with van der Waals surface area (Å²) in [4.78, 5) is 0.